The zero-order valence-corrected chi connectivity index (χ0v) is 13.9. The van der Waals surface area contributed by atoms with Crippen LogP contribution < -0.4 is 4.74 Å². The molecule has 1 aliphatic heterocycles. The second-order valence-electron chi connectivity index (χ2n) is 5.31. The van der Waals surface area contributed by atoms with Crippen LogP contribution in [0.25, 0.3) is 0 Å². The molecule has 1 atom stereocenters. The van der Waals surface area contributed by atoms with Gasteiger partial charge in [-0.05, 0) is 30.3 Å². The summed E-state index contributed by atoms with van der Waals surface area (Å²) < 4.78 is 5.42. The highest BCUT2D eigenvalue weighted by Crippen LogP contribution is 2.28. The molecular formula is C17H13Cl2NO4. The first-order valence-corrected chi connectivity index (χ1v) is 7.94. The minimum Gasteiger partial charge on any atom is -0.489 e. The standard InChI is InChI=1S/C17H13Cl2NO4/c18-10-5-6-15(14(19)7-10)24-9-11(21)8-20-16(22)12-3-1-2-4-13(12)17(20)23/h1-7,11,21H,8-9H2/t11-/m0/s1. The molecule has 0 saturated heterocycles. The minimum atomic E-state index is -1.04. The first-order chi connectivity index (χ1) is 11.5. The van der Waals surface area contributed by atoms with Crippen LogP contribution in [0.3, 0.4) is 0 Å². The van der Waals surface area contributed by atoms with E-state index < -0.39 is 17.9 Å². The molecule has 5 nitrogen and oxygen atoms in total. The lowest BCUT2D eigenvalue weighted by molar-refractivity contribution is 0.0457. The Morgan fingerprint density at radius 3 is 2.25 bits per heavy atom. The molecule has 7 heteroatoms. The van der Waals surface area contributed by atoms with Gasteiger partial charge in [-0.3, -0.25) is 14.5 Å². The predicted molar refractivity (Wildman–Crippen MR) is 89.8 cm³/mol. The number of carbonyl (C=O) groups is 2. The number of hydrogen-bond donors (Lipinski definition) is 1. The van der Waals surface area contributed by atoms with Crippen LogP contribution in [-0.2, 0) is 0 Å². The van der Waals surface area contributed by atoms with Gasteiger partial charge in [-0.15, -0.1) is 0 Å². The van der Waals surface area contributed by atoms with E-state index in [9.17, 15) is 14.7 Å². The normalized spacial score (nSPS) is 14.7. The molecule has 0 spiro atoms. The van der Waals surface area contributed by atoms with Crippen molar-refractivity contribution >= 4 is 35.0 Å². The van der Waals surface area contributed by atoms with E-state index in [1.807, 2.05) is 0 Å². The number of aliphatic hydroxyl groups excluding tert-OH is 1. The fraction of sp³-hybridized carbons (Fsp3) is 0.176. The Kier molecular flexibility index (Phi) is 4.76. The molecule has 1 aliphatic rings. The number of benzene rings is 2. The number of fused-ring (bicyclic) bond motifs is 1. The van der Waals surface area contributed by atoms with Crippen molar-refractivity contribution in [2.45, 2.75) is 6.10 Å². The van der Waals surface area contributed by atoms with Gasteiger partial charge in [0.1, 0.15) is 18.5 Å². The second kappa shape index (κ2) is 6.81. The first-order valence-electron chi connectivity index (χ1n) is 7.18. The molecule has 1 heterocycles. The topological polar surface area (TPSA) is 66.8 Å². The molecule has 124 valence electrons. The molecule has 2 amide bonds. The van der Waals surface area contributed by atoms with Crippen LogP contribution in [0.2, 0.25) is 10.0 Å². The number of β-amino-alcohol motifs (C(OH)–C–C–N with tert-alkyl or cyclic N) is 1. The summed E-state index contributed by atoms with van der Waals surface area (Å²) >= 11 is 11.8. The van der Waals surface area contributed by atoms with Crippen LogP contribution in [0.1, 0.15) is 20.7 Å². The molecule has 0 bridgehead atoms. The van der Waals surface area contributed by atoms with Crippen molar-refractivity contribution in [1.82, 2.24) is 4.90 Å². The summed E-state index contributed by atoms with van der Waals surface area (Å²) in [6.07, 6.45) is -1.04. The Hall–Kier alpha value is -2.08. The minimum absolute atomic E-state index is 0.116. The second-order valence-corrected chi connectivity index (χ2v) is 6.15. The van der Waals surface area contributed by atoms with Gasteiger partial charge in [-0.1, -0.05) is 35.3 Å². The third-order valence-corrected chi connectivity index (χ3v) is 4.13. The van der Waals surface area contributed by atoms with Gasteiger partial charge in [0, 0.05) is 5.02 Å². The number of aliphatic hydroxyl groups is 1. The van der Waals surface area contributed by atoms with E-state index in [1.54, 1.807) is 36.4 Å². The van der Waals surface area contributed by atoms with Crippen molar-refractivity contribution in [3.8, 4) is 5.75 Å². The number of imide groups is 1. The molecule has 0 aromatic heterocycles. The van der Waals surface area contributed by atoms with E-state index in [0.29, 0.717) is 26.9 Å². The van der Waals surface area contributed by atoms with Gasteiger partial charge in [0.05, 0.1) is 22.7 Å². The first kappa shape index (κ1) is 16.8. The smallest absolute Gasteiger partial charge is 0.261 e. The molecule has 2 aromatic rings. The van der Waals surface area contributed by atoms with Gasteiger partial charge >= 0.3 is 0 Å². The van der Waals surface area contributed by atoms with E-state index in [-0.39, 0.29) is 13.2 Å². The zero-order chi connectivity index (χ0) is 17.3. The summed E-state index contributed by atoms with van der Waals surface area (Å²) in [5, 5.41) is 10.9. The Morgan fingerprint density at radius 1 is 1.04 bits per heavy atom. The SMILES string of the molecule is O=C1c2ccccc2C(=O)N1C[C@H](O)COc1ccc(Cl)cc1Cl. The molecule has 2 aromatic carbocycles. The maximum Gasteiger partial charge on any atom is 0.261 e. The predicted octanol–water partition coefficient (Wildman–Crippen LogP) is 3.03. The molecule has 0 unspecified atom stereocenters. The van der Waals surface area contributed by atoms with Gasteiger partial charge in [0.2, 0.25) is 0 Å². The molecule has 0 radical (unpaired) electrons. The zero-order valence-electron chi connectivity index (χ0n) is 12.4. The third kappa shape index (κ3) is 3.24. The van der Waals surface area contributed by atoms with Crippen molar-refractivity contribution in [2.24, 2.45) is 0 Å². The fourth-order valence-corrected chi connectivity index (χ4v) is 2.91. The van der Waals surface area contributed by atoms with Crippen LogP contribution >= 0.6 is 23.2 Å². The molecular weight excluding hydrogens is 353 g/mol. The van der Waals surface area contributed by atoms with Gasteiger partial charge < -0.3 is 9.84 Å². The van der Waals surface area contributed by atoms with Crippen molar-refractivity contribution in [2.75, 3.05) is 13.2 Å². The summed E-state index contributed by atoms with van der Waals surface area (Å²) in [5.41, 5.74) is 0.688. The molecule has 0 aliphatic carbocycles. The monoisotopic (exact) mass is 365 g/mol. The number of rotatable bonds is 5. The highest BCUT2D eigenvalue weighted by atomic mass is 35.5. The lowest BCUT2D eigenvalue weighted by Crippen LogP contribution is -2.39. The van der Waals surface area contributed by atoms with E-state index in [2.05, 4.69) is 0 Å². The van der Waals surface area contributed by atoms with E-state index in [0.717, 1.165) is 4.90 Å². The molecule has 0 saturated carbocycles. The average Bonchev–Trinajstić information content (AvgIpc) is 2.79. The number of halogens is 2. The maximum absolute atomic E-state index is 12.2. The van der Waals surface area contributed by atoms with Crippen LogP contribution in [0.5, 0.6) is 5.75 Å². The molecule has 24 heavy (non-hydrogen) atoms. The number of carbonyl (C=O) groups excluding carboxylic acids is 2. The lowest BCUT2D eigenvalue weighted by atomic mass is 10.1. The largest absolute Gasteiger partial charge is 0.489 e. The van der Waals surface area contributed by atoms with Crippen LogP contribution in [0, 0.1) is 0 Å². The average molecular weight is 366 g/mol. The Labute approximate surface area is 148 Å². The van der Waals surface area contributed by atoms with Crippen molar-refractivity contribution < 1.29 is 19.4 Å². The quantitative estimate of drug-likeness (QED) is 0.827. The number of ether oxygens (including phenoxy) is 1. The summed E-state index contributed by atoms with van der Waals surface area (Å²) in [4.78, 5) is 25.5. The lowest BCUT2D eigenvalue weighted by Gasteiger charge is -2.19. The number of hydrogen-bond acceptors (Lipinski definition) is 4. The van der Waals surface area contributed by atoms with Gasteiger partial charge in [0.25, 0.3) is 11.8 Å². The maximum atomic E-state index is 12.2. The Balaban J connectivity index is 1.63. The Morgan fingerprint density at radius 2 is 1.67 bits per heavy atom. The van der Waals surface area contributed by atoms with Gasteiger partial charge in [-0.25, -0.2) is 0 Å². The van der Waals surface area contributed by atoms with E-state index in [1.165, 1.54) is 6.07 Å². The number of amides is 2. The van der Waals surface area contributed by atoms with Crippen LogP contribution in [-0.4, -0.2) is 41.1 Å². The highest BCUT2D eigenvalue weighted by Gasteiger charge is 2.36. The number of nitrogens with zero attached hydrogens (tertiary/aromatic N) is 1. The van der Waals surface area contributed by atoms with Gasteiger partial charge in [0.15, 0.2) is 0 Å². The van der Waals surface area contributed by atoms with Crippen molar-refractivity contribution in [3.63, 3.8) is 0 Å². The fourth-order valence-electron chi connectivity index (χ4n) is 2.45. The highest BCUT2D eigenvalue weighted by molar-refractivity contribution is 6.35. The van der Waals surface area contributed by atoms with Crippen molar-refractivity contribution in [3.05, 3.63) is 63.6 Å². The molecule has 1 N–H and O–H groups in total. The van der Waals surface area contributed by atoms with Gasteiger partial charge in [-0.2, -0.15) is 0 Å². The van der Waals surface area contributed by atoms with E-state index in [4.69, 9.17) is 27.9 Å². The van der Waals surface area contributed by atoms with Crippen LogP contribution in [0.15, 0.2) is 42.5 Å². The Bertz CT molecular complexity index is 774. The summed E-state index contributed by atoms with van der Waals surface area (Å²) in [5.74, 6) is -0.471. The molecule has 0 fully saturated rings. The summed E-state index contributed by atoms with van der Waals surface area (Å²) in [7, 11) is 0. The van der Waals surface area contributed by atoms with Crippen molar-refractivity contribution in [1.29, 1.82) is 0 Å². The summed E-state index contributed by atoms with van der Waals surface area (Å²) in [6, 6.07) is 11.3. The third-order valence-electron chi connectivity index (χ3n) is 3.60. The van der Waals surface area contributed by atoms with Crippen LogP contribution in [0.4, 0.5) is 0 Å². The summed E-state index contributed by atoms with van der Waals surface area (Å²) in [6.45, 7) is -0.272. The molecule has 3 rings (SSSR count). The van der Waals surface area contributed by atoms with E-state index >= 15 is 0 Å².